The normalized spacial score (nSPS) is 11.6. The van der Waals surface area contributed by atoms with Crippen LogP contribution in [0.3, 0.4) is 0 Å². The molecule has 1 unspecified atom stereocenters. The Balaban J connectivity index is 1.66. The number of ether oxygens (including phenoxy) is 2. The number of methoxy groups -OCH3 is 2. The van der Waals surface area contributed by atoms with E-state index in [-0.39, 0.29) is 11.2 Å². The number of para-hydroxylation sites is 1. The summed E-state index contributed by atoms with van der Waals surface area (Å²) < 4.78 is 10.6. The number of nitrogens with zero attached hydrogens (tertiary/aromatic N) is 3. The first kappa shape index (κ1) is 27.1. The van der Waals surface area contributed by atoms with E-state index in [4.69, 9.17) is 14.5 Å². The molecule has 0 saturated carbocycles. The van der Waals surface area contributed by atoms with Gasteiger partial charge < -0.3 is 14.8 Å². The van der Waals surface area contributed by atoms with E-state index >= 15 is 0 Å². The number of carbonyl (C=O) groups is 1. The maximum atomic E-state index is 13.3. The first-order valence-electron chi connectivity index (χ1n) is 12.6. The lowest BCUT2D eigenvalue weighted by Gasteiger charge is -2.18. The van der Waals surface area contributed by atoms with E-state index in [0.29, 0.717) is 23.0 Å². The van der Waals surface area contributed by atoms with Gasteiger partial charge in [-0.25, -0.2) is 4.98 Å². The number of anilines is 1. The molecular weight excluding hydrogens is 496 g/mol. The van der Waals surface area contributed by atoms with Crippen molar-refractivity contribution < 1.29 is 14.3 Å². The molecule has 7 nitrogen and oxygen atoms in total. The molecular formula is C30H32N4O3S. The molecule has 0 saturated heterocycles. The molecule has 0 aliphatic carbocycles. The molecule has 0 spiro atoms. The Labute approximate surface area is 228 Å². The molecule has 8 heteroatoms. The van der Waals surface area contributed by atoms with Crippen molar-refractivity contribution in [3.05, 3.63) is 77.9 Å². The maximum Gasteiger partial charge on any atom is 0.237 e. The number of thioether (sulfide) groups is 1. The summed E-state index contributed by atoms with van der Waals surface area (Å²) in [7, 11) is 3.27. The van der Waals surface area contributed by atoms with Gasteiger partial charge in [0.25, 0.3) is 0 Å². The van der Waals surface area contributed by atoms with Crippen LogP contribution in [-0.2, 0) is 11.2 Å². The van der Waals surface area contributed by atoms with Crippen LogP contribution in [-0.4, -0.2) is 40.6 Å². The number of amides is 1. The number of aryl methyl sites for hydroxylation is 2. The zero-order chi connectivity index (χ0) is 27.1. The predicted octanol–water partition coefficient (Wildman–Crippen LogP) is 6.60. The highest BCUT2D eigenvalue weighted by Crippen LogP contribution is 2.33. The minimum atomic E-state index is -0.378. The van der Waals surface area contributed by atoms with Gasteiger partial charge in [0.1, 0.15) is 22.9 Å². The summed E-state index contributed by atoms with van der Waals surface area (Å²) in [6, 6.07) is 21.3. The van der Waals surface area contributed by atoms with Crippen molar-refractivity contribution in [2.24, 2.45) is 0 Å². The minimum Gasteiger partial charge on any atom is -0.497 e. The predicted molar refractivity (Wildman–Crippen MR) is 153 cm³/mol. The fraction of sp³-hybridized carbons (Fsp3) is 0.267. The highest BCUT2D eigenvalue weighted by molar-refractivity contribution is 8.00. The van der Waals surface area contributed by atoms with Crippen LogP contribution in [0.25, 0.3) is 22.5 Å². The molecule has 1 N–H and O–H groups in total. The Kier molecular flexibility index (Phi) is 8.97. The summed E-state index contributed by atoms with van der Waals surface area (Å²) in [4.78, 5) is 18.2. The summed E-state index contributed by atoms with van der Waals surface area (Å²) in [6.45, 7) is 6.08. The van der Waals surface area contributed by atoms with Crippen LogP contribution in [0.2, 0.25) is 0 Å². The van der Waals surface area contributed by atoms with Crippen LogP contribution in [0.15, 0.2) is 71.9 Å². The molecule has 38 heavy (non-hydrogen) atoms. The minimum absolute atomic E-state index is 0.0738. The summed E-state index contributed by atoms with van der Waals surface area (Å²) in [5, 5.41) is 12.2. The molecule has 0 fully saturated rings. The molecule has 0 aliphatic rings. The van der Waals surface area contributed by atoms with E-state index in [1.165, 1.54) is 11.8 Å². The largest absolute Gasteiger partial charge is 0.497 e. The van der Waals surface area contributed by atoms with E-state index in [2.05, 4.69) is 22.4 Å². The summed E-state index contributed by atoms with van der Waals surface area (Å²) in [5.41, 5.74) is 6.10. The summed E-state index contributed by atoms with van der Waals surface area (Å²) >= 11 is 1.32. The number of hydrogen-bond acceptors (Lipinski definition) is 7. The zero-order valence-corrected chi connectivity index (χ0v) is 23.1. The Morgan fingerprint density at radius 2 is 1.47 bits per heavy atom. The topological polar surface area (TPSA) is 86.2 Å². The molecule has 1 aromatic heterocycles. The van der Waals surface area contributed by atoms with Crippen molar-refractivity contribution in [3.8, 4) is 34.0 Å². The first-order chi connectivity index (χ1) is 18.5. The third-order valence-electron chi connectivity index (χ3n) is 6.29. The second-order valence-electron chi connectivity index (χ2n) is 8.72. The highest BCUT2D eigenvalue weighted by atomic mass is 32.2. The highest BCUT2D eigenvalue weighted by Gasteiger charge is 2.23. The molecule has 4 aromatic rings. The van der Waals surface area contributed by atoms with Crippen molar-refractivity contribution in [1.82, 2.24) is 15.2 Å². The van der Waals surface area contributed by atoms with Gasteiger partial charge in [-0.1, -0.05) is 43.8 Å². The van der Waals surface area contributed by atoms with E-state index < -0.39 is 0 Å². The monoisotopic (exact) mass is 528 g/mol. The number of nitrogens with one attached hydrogen (secondary N) is 1. The van der Waals surface area contributed by atoms with Crippen LogP contribution in [0.5, 0.6) is 11.5 Å². The second-order valence-corrected chi connectivity index (χ2v) is 9.89. The summed E-state index contributed by atoms with van der Waals surface area (Å²) in [6.07, 6.45) is 1.46. The molecule has 0 aliphatic heterocycles. The van der Waals surface area contributed by atoms with Gasteiger partial charge in [0.05, 0.1) is 19.5 Å². The Bertz CT molecular complexity index is 1390. The van der Waals surface area contributed by atoms with Crippen LogP contribution >= 0.6 is 11.8 Å². The molecule has 4 rings (SSSR count). The fourth-order valence-electron chi connectivity index (χ4n) is 4.11. The van der Waals surface area contributed by atoms with E-state index in [0.717, 1.165) is 45.9 Å². The molecule has 0 bridgehead atoms. The van der Waals surface area contributed by atoms with Gasteiger partial charge in [0.15, 0.2) is 0 Å². The van der Waals surface area contributed by atoms with Gasteiger partial charge in [0, 0.05) is 16.8 Å². The van der Waals surface area contributed by atoms with E-state index in [1.54, 1.807) is 14.2 Å². The number of benzene rings is 3. The molecule has 196 valence electrons. The number of carbonyl (C=O) groups excluding carboxylic acids is 1. The average Bonchev–Trinajstić information content (AvgIpc) is 2.96. The Hall–Kier alpha value is -3.91. The maximum absolute atomic E-state index is 13.3. The van der Waals surface area contributed by atoms with Crippen molar-refractivity contribution in [2.45, 2.75) is 44.0 Å². The lowest BCUT2D eigenvalue weighted by molar-refractivity contribution is -0.115. The number of rotatable bonds is 10. The van der Waals surface area contributed by atoms with E-state index in [9.17, 15) is 4.79 Å². The third kappa shape index (κ3) is 6.14. The number of hydrogen-bond donors (Lipinski definition) is 1. The fourth-order valence-corrected chi connectivity index (χ4v) is 4.93. The van der Waals surface area contributed by atoms with Crippen molar-refractivity contribution >= 4 is 23.4 Å². The average molecular weight is 529 g/mol. The van der Waals surface area contributed by atoms with Gasteiger partial charge in [-0.3, -0.25) is 4.79 Å². The van der Waals surface area contributed by atoms with Gasteiger partial charge in [-0.15, -0.1) is 10.2 Å². The van der Waals surface area contributed by atoms with Crippen LogP contribution < -0.4 is 14.8 Å². The van der Waals surface area contributed by atoms with Gasteiger partial charge in [0.2, 0.25) is 11.1 Å². The van der Waals surface area contributed by atoms with Crippen molar-refractivity contribution in [3.63, 3.8) is 0 Å². The first-order valence-corrected chi connectivity index (χ1v) is 13.4. The van der Waals surface area contributed by atoms with Crippen LogP contribution in [0.1, 0.15) is 31.4 Å². The number of aromatic nitrogens is 3. The standard InChI is InChI=1S/C30H32N4O3S/c1-6-20-10-8-9-19(3)26(20)31-29(35)25(7-2)38-30-32-27(21-11-15-23(36-4)16-12-21)28(33-34-30)22-13-17-24(37-5)18-14-22/h8-18,25H,6-7H2,1-5H3,(H,31,35). The molecule has 1 heterocycles. The van der Waals surface area contributed by atoms with Crippen molar-refractivity contribution in [1.29, 1.82) is 0 Å². The summed E-state index contributed by atoms with van der Waals surface area (Å²) in [5.74, 6) is 1.43. The van der Waals surface area contributed by atoms with E-state index in [1.807, 2.05) is 80.6 Å². The smallest absolute Gasteiger partial charge is 0.237 e. The lowest BCUT2D eigenvalue weighted by atomic mass is 10.0. The van der Waals surface area contributed by atoms with Crippen molar-refractivity contribution in [2.75, 3.05) is 19.5 Å². The molecule has 1 amide bonds. The SMILES string of the molecule is CCc1cccc(C)c1NC(=O)C(CC)Sc1nnc(-c2ccc(OC)cc2)c(-c2ccc(OC)cc2)n1. The third-order valence-corrected chi connectivity index (χ3v) is 7.51. The lowest BCUT2D eigenvalue weighted by Crippen LogP contribution is -2.26. The second kappa shape index (κ2) is 12.6. The van der Waals surface area contributed by atoms with Gasteiger partial charge >= 0.3 is 0 Å². The van der Waals surface area contributed by atoms with Crippen LogP contribution in [0, 0.1) is 6.92 Å². The van der Waals surface area contributed by atoms with Crippen LogP contribution in [0.4, 0.5) is 5.69 Å². The molecule has 0 radical (unpaired) electrons. The quantitative estimate of drug-likeness (QED) is 0.232. The molecule has 1 atom stereocenters. The Morgan fingerprint density at radius 1 is 0.868 bits per heavy atom. The van der Waals surface area contributed by atoms with Gasteiger partial charge in [-0.2, -0.15) is 0 Å². The zero-order valence-electron chi connectivity index (χ0n) is 22.3. The van der Waals surface area contributed by atoms with Gasteiger partial charge in [-0.05, 0) is 79.4 Å². The molecule has 3 aromatic carbocycles. The Morgan fingerprint density at radius 3 is 2.03 bits per heavy atom.